The summed E-state index contributed by atoms with van der Waals surface area (Å²) < 4.78 is 2.22. The number of hydrogen-bond acceptors (Lipinski definition) is 6. The fraction of sp³-hybridized carbons (Fsp3) is 0.613. The number of nitrogens with zero attached hydrogens (tertiary/aromatic N) is 5. The van der Waals surface area contributed by atoms with E-state index in [1.165, 1.54) is 5.56 Å². The smallest absolute Gasteiger partial charge is 0.159 e. The molecule has 0 amide bonds. The second kappa shape index (κ2) is 11.3. The van der Waals surface area contributed by atoms with E-state index in [1.807, 2.05) is 6.20 Å². The van der Waals surface area contributed by atoms with Gasteiger partial charge in [-0.25, -0.2) is 9.97 Å². The third-order valence-corrected chi connectivity index (χ3v) is 8.98. The lowest BCUT2D eigenvalue weighted by atomic mass is 9.74. The van der Waals surface area contributed by atoms with Crippen molar-refractivity contribution >= 4 is 16.9 Å². The third kappa shape index (κ3) is 5.33. The predicted molar refractivity (Wildman–Crippen MR) is 157 cm³/mol. The minimum Gasteiger partial charge on any atom is -0.381 e. The molecule has 1 saturated carbocycles. The molecule has 3 aromatic rings. The van der Waals surface area contributed by atoms with Gasteiger partial charge in [0, 0.05) is 43.8 Å². The molecule has 2 fully saturated rings. The zero-order valence-corrected chi connectivity index (χ0v) is 24.2. The summed E-state index contributed by atoms with van der Waals surface area (Å²) in [5.74, 6) is 1.14. The normalized spacial score (nSPS) is 27.6. The topological polar surface area (TPSA) is 61.3 Å². The molecule has 2 aromatic heterocycles. The average Bonchev–Trinajstić information content (AvgIpc) is 3.22. The summed E-state index contributed by atoms with van der Waals surface area (Å²) in [6, 6.07) is 15.0. The van der Waals surface area contributed by atoms with Gasteiger partial charge in [0.2, 0.25) is 0 Å². The Kier molecular flexibility index (Phi) is 8.08. The van der Waals surface area contributed by atoms with E-state index in [1.54, 1.807) is 0 Å². The van der Waals surface area contributed by atoms with Crippen molar-refractivity contribution < 1.29 is 0 Å². The number of rotatable bonds is 8. The lowest BCUT2D eigenvalue weighted by Gasteiger charge is -2.46. The van der Waals surface area contributed by atoms with Crippen LogP contribution in [0.5, 0.6) is 0 Å². The summed E-state index contributed by atoms with van der Waals surface area (Å²) in [7, 11) is 6.59. The van der Waals surface area contributed by atoms with Crippen LogP contribution in [0.4, 0.5) is 5.69 Å². The number of nitrogens with one attached hydrogen (secondary N) is 2. The first kappa shape index (κ1) is 27.1. The largest absolute Gasteiger partial charge is 0.381 e. The molecule has 7 heteroatoms. The van der Waals surface area contributed by atoms with Gasteiger partial charge >= 0.3 is 0 Å². The van der Waals surface area contributed by atoms with Gasteiger partial charge in [-0.3, -0.25) is 9.80 Å². The highest BCUT2D eigenvalue weighted by atomic mass is 15.3. The number of pyridine rings is 1. The Morgan fingerprint density at radius 3 is 2.42 bits per heavy atom. The zero-order chi connectivity index (χ0) is 26.9. The molecule has 7 nitrogen and oxygen atoms in total. The maximum Gasteiger partial charge on any atom is 0.159 e. The maximum atomic E-state index is 5.19. The van der Waals surface area contributed by atoms with E-state index < -0.39 is 0 Å². The molecular weight excluding hydrogens is 470 g/mol. The number of imidazole rings is 1. The van der Waals surface area contributed by atoms with Gasteiger partial charge in [0.1, 0.15) is 11.3 Å². The second-order valence-electron chi connectivity index (χ2n) is 12.0. The number of benzene rings is 1. The van der Waals surface area contributed by atoms with Crippen LogP contribution in [0, 0.1) is 0 Å². The fourth-order valence-electron chi connectivity index (χ4n) is 7.06. The summed E-state index contributed by atoms with van der Waals surface area (Å²) >= 11 is 0. The molecule has 0 unspecified atom stereocenters. The van der Waals surface area contributed by atoms with Gasteiger partial charge in [0.05, 0.1) is 17.9 Å². The molecule has 1 aromatic carbocycles. The minimum atomic E-state index is 0.116. The highest BCUT2D eigenvalue weighted by Gasteiger charge is 2.38. The lowest BCUT2D eigenvalue weighted by molar-refractivity contribution is 0.0945. The average molecular weight is 518 g/mol. The highest BCUT2D eigenvalue weighted by Crippen LogP contribution is 2.41. The standard InChI is InChI=1S/C31H47N7/c1-7-11-28(38-20-22(2)33-23(3)21-38)30-35-27-18-26(19-32-29(27)37(30)6)34-25-14-16-31(17-15-25,36(4)5)24-12-9-8-10-13-24/h8-10,12-13,18-19,22-23,25,28,33-34H,7,11,14-17,20-21H2,1-6H3/t22-,23+,25-,28-,31+/m0/s1. The molecule has 2 N–H and O–H groups in total. The van der Waals surface area contributed by atoms with Gasteiger partial charge in [-0.2, -0.15) is 0 Å². The van der Waals surface area contributed by atoms with E-state index in [9.17, 15) is 0 Å². The third-order valence-electron chi connectivity index (χ3n) is 8.98. The first-order valence-electron chi connectivity index (χ1n) is 14.6. The molecule has 0 bridgehead atoms. The molecule has 206 valence electrons. The Labute approximate surface area is 229 Å². The summed E-state index contributed by atoms with van der Waals surface area (Å²) in [6.07, 6.45) is 8.81. The molecule has 2 aliphatic rings. The van der Waals surface area contributed by atoms with Gasteiger partial charge in [-0.15, -0.1) is 0 Å². The quantitative estimate of drug-likeness (QED) is 0.423. The Morgan fingerprint density at radius 1 is 1.11 bits per heavy atom. The number of aromatic nitrogens is 3. The lowest BCUT2D eigenvalue weighted by Crippen LogP contribution is -2.55. The van der Waals surface area contributed by atoms with E-state index in [2.05, 4.69) is 103 Å². The van der Waals surface area contributed by atoms with Gasteiger partial charge in [0.15, 0.2) is 5.65 Å². The number of anilines is 1. The first-order valence-corrected chi connectivity index (χ1v) is 14.6. The molecule has 1 aliphatic carbocycles. The van der Waals surface area contributed by atoms with Crippen LogP contribution in [-0.4, -0.2) is 69.6 Å². The van der Waals surface area contributed by atoms with Crippen LogP contribution in [0.25, 0.3) is 11.2 Å². The maximum absolute atomic E-state index is 5.19. The van der Waals surface area contributed by atoms with Gasteiger partial charge in [-0.05, 0) is 71.7 Å². The Balaban J connectivity index is 1.32. The molecule has 0 spiro atoms. The van der Waals surface area contributed by atoms with Crippen molar-refractivity contribution in [3.05, 3.63) is 54.0 Å². The minimum absolute atomic E-state index is 0.116. The van der Waals surface area contributed by atoms with Crippen molar-refractivity contribution in [3.63, 3.8) is 0 Å². The Morgan fingerprint density at radius 2 is 1.79 bits per heavy atom. The number of aryl methyl sites for hydroxylation is 1. The van der Waals surface area contributed by atoms with Crippen molar-refractivity contribution in [2.24, 2.45) is 7.05 Å². The highest BCUT2D eigenvalue weighted by molar-refractivity contribution is 5.75. The molecule has 3 atom stereocenters. The van der Waals surface area contributed by atoms with Crippen LogP contribution < -0.4 is 10.6 Å². The molecule has 0 radical (unpaired) electrons. The zero-order valence-electron chi connectivity index (χ0n) is 24.2. The van der Waals surface area contributed by atoms with Gasteiger partial charge in [0.25, 0.3) is 0 Å². The fourth-order valence-corrected chi connectivity index (χ4v) is 7.06. The van der Waals surface area contributed by atoms with Crippen LogP contribution in [0.2, 0.25) is 0 Å². The Bertz CT molecular complexity index is 1190. The molecule has 5 rings (SSSR count). The molecular formula is C31H47N7. The van der Waals surface area contributed by atoms with Crippen LogP contribution in [0.1, 0.15) is 76.7 Å². The van der Waals surface area contributed by atoms with E-state index in [4.69, 9.17) is 9.97 Å². The van der Waals surface area contributed by atoms with E-state index >= 15 is 0 Å². The van der Waals surface area contributed by atoms with E-state index in [-0.39, 0.29) is 5.54 Å². The van der Waals surface area contributed by atoms with E-state index in [0.717, 1.165) is 74.3 Å². The second-order valence-corrected chi connectivity index (χ2v) is 12.0. The summed E-state index contributed by atoms with van der Waals surface area (Å²) in [6.45, 7) is 8.95. The predicted octanol–water partition coefficient (Wildman–Crippen LogP) is 5.30. The van der Waals surface area contributed by atoms with E-state index in [0.29, 0.717) is 24.2 Å². The Hall–Kier alpha value is -2.48. The SMILES string of the molecule is CCC[C@@H](c1nc2cc(N[C@H]3CC[C@@](c4ccccc4)(N(C)C)CC3)cnc2n1C)N1C[C@@H](C)N[C@@H](C)C1. The van der Waals surface area contributed by atoms with Gasteiger partial charge < -0.3 is 15.2 Å². The number of hydrogen-bond donors (Lipinski definition) is 2. The van der Waals surface area contributed by atoms with Crippen LogP contribution in [0.15, 0.2) is 42.6 Å². The van der Waals surface area contributed by atoms with Crippen molar-refractivity contribution in [2.75, 3.05) is 32.5 Å². The van der Waals surface area contributed by atoms with Crippen molar-refractivity contribution in [1.82, 2.24) is 29.7 Å². The summed E-state index contributed by atoms with van der Waals surface area (Å²) in [5.41, 5.74) is 4.60. The summed E-state index contributed by atoms with van der Waals surface area (Å²) in [5, 5.41) is 7.48. The van der Waals surface area contributed by atoms with Crippen molar-refractivity contribution in [1.29, 1.82) is 0 Å². The van der Waals surface area contributed by atoms with Gasteiger partial charge in [-0.1, -0.05) is 43.7 Å². The van der Waals surface area contributed by atoms with Crippen molar-refractivity contribution in [3.8, 4) is 0 Å². The monoisotopic (exact) mass is 517 g/mol. The number of piperazine rings is 1. The van der Waals surface area contributed by atoms with Crippen LogP contribution in [-0.2, 0) is 12.6 Å². The van der Waals surface area contributed by atoms with Crippen molar-refractivity contribution in [2.45, 2.75) is 89.0 Å². The number of fused-ring (bicyclic) bond motifs is 1. The molecule has 38 heavy (non-hydrogen) atoms. The molecule has 1 aliphatic heterocycles. The van der Waals surface area contributed by atoms with Crippen LogP contribution in [0.3, 0.4) is 0 Å². The molecule has 1 saturated heterocycles. The summed E-state index contributed by atoms with van der Waals surface area (Å²) in [4.78, 5) is 15.1. The molecule has 3 heterocycles. The first-order chi connectivity index (χ1) is 18.3. The van der Waals surface area contributed by atoms with Crippen LogP contribution >= 0.6 is 0 Å².